The number of ether oxygens (including phenoxy) is 1. The second kappa shape index (κ2) is 14.7. The van der Waals surface area contributed by atoms with Gasteiger partial charge < -0.3 is 15.0 Å². The van der Waals surface area contributed by atoms with E-state index in [1.165, 1.54) is 37.8 Å². The number of nitrogens with zero attached hydrogens (tertiary/aromatic N) is 2. The molecule has 0 unspecified atom stereocenters. The third-order valence-electron chi connectivity index (χ3n) is 7.73. The molecule has 5 nitrogen and oxygen atoms in total. The predicted octanol–water partition coefficient (Wildman–Crippen LogP) is 5.48. The summed E-state index contributed by atoms with van der Waals surface area (Å²) >= 11 is 0. The minimum absolute atomic E-state index is 0.0438. The molecule has 41 heavy (non-hydrogen) atoms. The van der Waals surface area contributed by atoms with Gasteiger partial charge in [-0.2, -0.15) is 0 Å². The van der Waals surface area contributed by atoms with Crippen molar-refractivity contribution in [3.63, 3.8) is 0 Å². The van der Waals surface area contributed by atoms with Gasteiger partial charge in [0.05, 0.1) is 0 Å². The highest BCUT2D eigenvalue weighted by molar-refractivity contribution is 5.94. The molecule has 2 aliphatic heterocycles. The lowest BCUT2D eigenvalue weighted by Gasteiger charge is -2.32. The Hall–Kier alpha value is -3.84. The Kier molecular flexibility index (Phi) is 10.3. The normalized spacial score (nSPS) is 16.6. The summed E-state index contributed by atoms with van der Waals surface area (Å²) in [6.45, 7) is 6.46. The van der Waals surface area contributed by atoms with Gasteiger partial charge in [0.25, 0.3) is 5.91 Å². The average molecular weight is 552 g/mol. The van der Waals surface area contributed by atoms with Crippen LogP contribution in [0.1, 0.15) is 65.6 Å². The van der Waals surface area contributed by atoms with E-state index in [2.05, 4.69) is 39.1 Å². The van der Waals surface area contributed by atoms with Crippen LogP contribution in [0, 0.1) is 29.8 Å². The van der Waals surface area contributed by atoms with Crippen molar-refractivity contribution in [1.29, 1.82) is 0 Å². The molecule has 2 saturated heterocycles. The summed E-state index contributed by atoms with van der Waals surface area (Å²) in [7, 11) is 0. The van der Waals surface area contributed by atoms with E-state index < -0.39 is 0 Å². The number of carbonyl (C=O) groups excluding carboxylic acids is 1. The molecular formula is C35H38FN3O2. The maximum Gasteiger partial charge on any atom is 0.251 e. The number of halogens is 1. The van der Waals surface area contributed by atoms with Crippen molar-refractivity contribution >= 4 is 5.91 Å². The number of hydrogen-bond acceptors (Lipinski definition) is 4. The van der Waals surface area contributed by atoms with E-state index in [4.69, 9.17) is 4.74 Å². The Balaban J connectivity index is 1.06. The number of nitrogens with one attached hydrogen (secondary N) is 1. The molecule has 3 aromatic rings. The number of piperidine rings is 1. The van der Waals surface area contributed by atoms with Crippen molar-refractivity contribution < 1.29 is 13.9 Å². The first-order valence-corrected chi connectivity index (χ1v) is 14.8. The zero-order valence-electron chi connectivity index (χ0n) is 23.6. The standard InChI is InChI=1S/C35H38FN3O2/c36-32-15-13-28(14-16-32)11-12-29-7-5-8-30(25-29)27-39-22-17-33(18-23-39)41-34-10-6-9-31(26-34)35(40)37-19-24-38-20-3-1-2-4-21-38/h6-7,9-10,13-16,25-26,33H,1-4,17-24,27H2,(H,37,40). The van der Waals surface area contributed by atoms with Crippen LogP contribution in [-0.4, -0.2) is 61.1 Å². The summed E-state index contributed by atoms with van der Waals surface area (Å²) in [5.41, 5.74) is 3.33. The Morgan fingerprint density at radius 1 is 0.927 bits per heavy atom. The number of benzene rings is 2. The smallest absolute Gasteiger partial charge is 0.251 e. The molecule has 0 aliphatic carbocycles. The van der Waals surface area contributed by atoms with Gasteiger partial charge in [-0.3, -0.25) is 9.69 Å². The van der Waals surface area contributed by atoms with Crippen LogP contribution < -0.4 is 10.1 Å². The van der Waals surface area contributed by atoms with Gasteiger partial charge in [-0.1, -0.05) is 42.9 Å². The first-order chi connectivity index (χ1) is 20.1. The van der Waals surface area contributed by atoms with Crippen LogP contribution in [0.4, 0.5) is 4.39 Å². The molecule has 6 heteroatoms. The number of rotatable bonds is 8. The molecule has 2 aliphatic rings. The fourth-order valence-electron chi connectivity index (χ4n) is 5.43. The van der Waals surface area contributed by atoms with Crippen LogP contribution >= 0.6 is 0 Å². The van der Waals surface area contributed by atoms with Gasteiger partial charge in [0, 0.05) is 61.0 Å². The lowest BCUT2D eigenvalue weighted by Crippen LogP contribution is -2.37. The van der Waals surface area contributed by atoms with Crippen LogP contribution in [-0.2, 0) is 6.54 Å². The second-order valence-corrected chi connectivity index (χ2v) is 10.9. The number of carbonyl (C=O) groups is 1. The molecule has 0 radical (unpaired) electrons. The molecule has 0 atom stereocenters. The van der Waals surface area contributed by atoms with Crippen LogP contribution in [0.25, 0.3) is 0 Å². The Labute approximate surface area is 243 Å². The average Bonchev–Trinajstić information content (AvgIpc) is 3.27. The van der Waals surface area contributed by atoms with Crippen LogP contribution in [0.2, 0.25) is 0 Å². The zero-order valence-corrected chi connectivity index (χ0v) is 23.6. The van der Waals surface area contributed by atoms with Gasteiger partial charge in [0.2, 0.25) is 0 Å². The third kappa shape index (κ3) is 9.08. The van der Waals surface area contributed by atoms with E-state index in [9.17, 15) is 9.18 Å². The highest BCUT2D eigenvalue weighted by Gasteiger charge is 2.21. The summed E-state index contributed by atoms with van der Waals surface area (Å²) in [6, 6.07) is 23.9. The van der Waals surface area contributed by atoms with E-state index in [-0.39, 0.29) is 17.8 Å². The van der Waals surface area contributed by atoms with Crippen molar-refractivity contribution in [3.05, 3.63) is 101 Å². The highest BCUT2D eigenvalue weighted by Crippen LogP contribution is 2.21. The summed E-state index contributed by atoms with van der Waals surface area (Å²) in [5, 5.41) is 3.08. The van der Waals surface area contributed by atoms with Crippen molar-refractivity contribution in [3.8, 4) is 17.6 Å². The third-order valence-corrected chi connectivity index (χ3v) is 7.73. The minimum atomic E-state index is -0.264. The molecule has 2 fully saturated rings. The van der Waals surface area contributed by atoms with Crippen molar-refractivity contribution in [2.45, 2.75) is 51.2 Å². The van der Waals surface area contributed by atoms with Gasteiger partial charge in [-0.15, -0.1) is 0 Å². The van der Waals surface area contributed by atoms with Crippen LogP contribution in [0.3, 0.4) is 0 Å². The number of hydrogen-bond donors (Lipinski definition) is 1. The molecular weight excluding hydrogens is 513 g/mol. The van der Waals surface area contributed by atoms with Gasteiger partial charge in [-0.05, 0) is 87.3 Å². The van der Waals surface area contributed by atoms with Crippen molar-refractivity contribution in [2.75, 3.05) is 39.3 Å². The molecule has 3 aromatic carbocycles. The van der Waals surface area contributed by atoms with Gasteiger partial charge in [0.1, 0.15) is 17.7 Å². The first kappa shape index (κ1) is 28.7. The van der Waals surface area contributed by atoms with E-state index >= 15 is 0 Å². The first-order valence-electron chi connectivity index (χ1n) is 14.8. The van der Waals surface area contributed by atoms with E-state index in [0.717, 1.165) is 74.6 Å². The van der Waals surface area contributed by atoms with E-state index in [1.807, 2.05) is 36.4 Å². The Morgan fingerprint density at radius 3 is 2.46 bits per heavy atom. The SMILES string of the molecule is O=C(NCCN1CCCCCC1)c1cccc(OC2CCN(Cc3c#ccc(C#Cc4ccc(F)cc4)c3)CC2)c1. The zero-order chi connectivity index (χ0) is 28.3. The molecule has 0 spiro atoms. The van der Waals surface area contributed by atoms with Gasteiger partial charge >= 0.3 is 0 Å². The summed E-state index contributed by atoms with van der Waals surface area (Å²) in [4.78, 5) is 17.6. The highest BCUT2D eigenvalue weighted by atomic mass is 19.1. The molecule has 1 amide bonds. The topological polar surface area (TPSA) is 44.8 Å². The lowest BCUT2D eigenvalue weighted by molar-refractivity contribution is 0.0933. The van der Waals surface area contributed by atoms with Crippen LogP contribution in [0.5, 0.6) is 5.75 Å². The van der Waals surface area contributed by atoms with Gasteiger partial charge in [-0.25, -0.2) is 4.39 Å². The quantitative estimate of drug-likeness (QED) is 0.377. The van der Waals surface area contributed by atoms with E-state index in [1.54, 1.807) is 12.1 Å². The maximum atomic E-state index is 13.1. The van der Waals surface area contributed by atoms with Crippen LogP contribution in [0.15, 0.2) is 60.7 Å². The number of amides is 1. The Morgan fingerprint density at radius 2 is 1.68 bits per heavy atom. The molecule has 0 aromatic heterocycles. The summed E-state index contributed by atoms with van der Waals surface area (Å²) in [5.74, 6) is 6.66. The minimum Gasteiger partial charge on any atom is -0.490 e. The summed E-state index contributed by atoms with van der Waals surface area (Å²) in [6.07, 6.45) is 7.10. The molecule has 1 N–H and O–H groups in total. The lowest BCUT2D eigenvalue weighted by atomic mass is 10.1. The van der Waals surface area contributed by atoms with Crippen molar-refractivity contribution in [2.24, 2.45) is 0 Å². The second-order valence-electron chi connectivity index (χ2n) is 10.9. The Bertz CT molecular complexity index is 1330. The molecule has 212 valence electrons. The number of likely N-dealkylation sites (tertiary alicyclic amines) is 2. The van der Waals surface area contributed by atoms with Gasteiger partial charge in [0.15, 0.2) is 0 Å². The van der Waals surface area contributed by atoms with Crippen molar-refractivity contribution in [1.82, 2.24) is 15.1 Å². The molecule has 5 rings (SSSR count). The largest absolute Gasteiger partial charge is 0.490 e. The predicted molar refractivity (Wildman–Crippen MR) is 159 cm³/mol. The fourth-order valence-corrected chi connectivity index (χ4v) is 5.43. The fraction of sp³-hybridized carbons (Fsp3) is 0.400. The molecule has 0 bridgehead atoms. The maximum absolute atomic E-state index is 13.1. The summed E-state index contributed by atoms with van der Waals surface area (Å²) < 4.78 is 19.4. The molecule has 2 heterocycles. The molecule has 0 saturated carbocycles. The van der Waals surface area contributed by atoms with E-state index in [0.29, 0.717) is 12.1 Å². The monoisotopic (exact) mass is 551 g/mol.